The van der Waals surface area contributed by atoms with Crippen molar-refractivity contribution >= 4 is 11.9 Å². The van der Waals surface area contributed by atoms with Crippen LogP contribution in [0.2, 0.25) is 0 Å². The quantitative estimate of drug-likeness (QED) is 0.369. The molecule has 1 saturated heterocycles. The van der Waals surface area contributed by atoms with Gasteiger partial charge in [-0.25, -0.2) is 4.79 Å². The molecule has 2 fully saturated rings. The van der Waals surface area contributed by atoms with E-state index in [-0.39, 0.29) is 23.6 Å². The minimum absolute atomic E-state index is 0.0141. The van der Waals surface area contributed by atoms with Crippen molar-refractivity contribution < 1.29 is 23.8 Å². The molecule has 2 N–H and O–H groups in total. The number of hydrogen-bond acceptors (Lipinski definition) is 6. The maximum absolute atomic E-state index is 12.4. The van der Waals surface area contributed by atoms with E-state index >= 15 is 0 Å². The summed E-state index contributed by atoms with van der Waals surface area (Å²) in [6, 6.07) is 0. The van der Waals surface area contributed by atoms with E-state index in [0.717, 1.165) is 38.5 Å². The molecule has 2 aliphatic rings. The van der Waals surface area contributed by atoms with Crippen LogP contribution in [0.25, 0.3) is 0 Å². The first-order valence-electron chi connectivity index (χ1n) is 8.51. The second kappa shape index (κ2) is 8.91. The van der Waals surface area contributed by atoms with Crippen LogP contribution >= 0.6 is 0 Å². The van der Waals surface area contributed by atoms with E-state index in [0.29, 0.717) is 31.8 Å². The summed E-state index contributed by atoms with van der Waals surface area (Å²) in [6.45, 7) is 1.19. The maximum Gasteiger partial charge on any atom is 0.375 e. The Hall–Kier alpha value is -1.56. The number of ether oxygens (including phenoxy) is 3. The topological polar surface area (TPSA) is 87.9 Å². The summed E-state index contributed by atoms with van der Waals surface area (Å²) < 4.78 is 15.5. The predicted molar refractivity (Wildman–Crippen MR) is 84.1 cm³/mol. The highest BCUT2D eigenvalue weighted by atomic mass is 16.6. The number of methoxy groups -OCH3 is 1. The maximum atomic E-state index is 12.4. The van der Waals surface area contributed by atoms with Crippen molar-refractivity contribution in [1.29, 1.82) is 0 Å². The summed E-state index contributed by atoms with van der Waals surface area (Å²) in [4.78, 5) is 24.4. The molecule has 6 nitrogen and oxygen atoms in total. The van der Waals surface area contributed by atoms with Crippen LogP contribution in [0.15, 0.2) is 11.5 Å². The average molecular weight is 325 g/mol. The highest BCUT2D eigenvalue weighted by Crippen LogP contribution is 2.27. The molecule has 0 atom stereocenters. The zero-order valence-electron chi connectivity index (χ0n) is 13.8. The van der Waals surface area contributed by atoms with E-state index < -0.39 is 5.97 Å². The molecule has 1 saturated carbocycles. The second-order valence-electron chi connectivity index (χ2n) is 6.27. The molecule has 0 radical (unpaired) electrons. The SMILES string of the molecule is COC(=O)/C(OC(=O)C1CCCCCC1)=C(\N)C1CCOCC1. The van der Waals surface area contributed by atoms with E-state index in [1.165, 1.54) is 7.11 Å². The van der Waals surface area contributed by atoms with Gasteiger partial charge in [0, 0.05) is 19.1 Å². The minimum atomic E-state index is -0.684. The van der Waals surface area contributed by atoms with Crippen molar-refractivity contribution in [3.05, 3.63) is 11.5 Å². The Bertz CT molecular complexity index is 446. The van der Waals surface area contributed by atoms with Gasteiger partial charge in [0.15, 0.2) is 0 Å². The number of esters is 2. The van der Waals surface area contributed by atoms with Crippen LogP contribution in [0.5, 0.6) is 0 Å². The van der Waals surface area contributed by atoms with E-state index in [1.807, 2.05) is 0 Å². The molecule has 0 bridgehead atoms. The van der Waals surface area contributed by atoms with Crippen molar-refractivity contribution in [3.8, 4) is 0 Å². The lowest BCUT2D eigenvalue weighted by Crippen LogP contribution is -2.28. The van der Waals surface area contributed by atoms with Gasteiger partial charge in [-0.15, -0.1) is 0 Å². The lowest BCUT2D eigenvalue weighted by molar-refractivity contribution is -0.153. The molecule has 2 rings (SSSR count). The highest BCUT2D eigenvalue weighted by molar-refractivity contribution is 5.90. The Kier molecular flexibility index (Phi) is 6.89. The fraction of sp³-hybridized carbons (Fsp3) is 0.765. The highest BCUT2D eigenvalue weighted by Gasteiger charge is 2.29. The van der Waals surface area contributed by atoms with E-state index in [2.05, 4.69) is 0 Å². The number of allylic oxidation sites excluding steroid dienone is 1. The lowest BCUT2D eigenvalue weighted by atomic mass is 9.95. The minimum Gasteiger partial charge on any atom is -0.463 e. The largest absolute Gasteiger partial charge is 0.463 e. The normalized spacial score (nSPS) is 22.0. The van der Waals surface area contributed by atoms with Gasteiger partial charge in [0.1, 0.15) is 0 Å². The van der Waals surface area contributed by atoms with Crippen LogP contribution in [-0.2, 0) is 23.8 Å². The number of hydrogen-bond donors (Lipinski definition) is 1. The van der Waals surface area contributed by atoms with E-state index in [9.17, 15) is 9.59 Å². The van der Waals surface area contributed by atoms with Crippen molar-refractivity contribution in [1.82, 2.24) is 0 Å². The summed E-state index contributed by atoms with van der Waals surface area (Å²) in [5, 5.41) is 0. The molecule has 1 aliphatic carbocycles. The molecule has 6 heteroatoms. The third-order valence-electron chi connectivity index (χ3n) is 4.69. The monoisotopic (exact) mass is 325 g/mol. The van der Waals surface area contributed by atoms with Gasteiger partial charge in [0.25, 0.3) is 0 Å². The predicted octanol–water partition coefficient (Wildman–Crippen LogP) is 2.27. The number of nitrogens with two attached hydrogens (primary N) is 1. The zero-order valence-corrected chi connectivity index (χ0v) is 13.8. The van der Waals surface area contributed by atoms with Crippen LogP contribution < -0.4 is 5.73 Å². The van der Waals surface area contributed by atoms with E-state index in [4.69, 9.17) is 19.9 Å². The van der Waals surface area contributed by atoms with Crippen molar-refractivity contribution in [2.75, 3.05) is 20.3 Å². The smallest absolute Gasteiger partial charge is 0.375 e. The first-order valence-corrected chi connectivity index (χ1v) is 8.51. The molecule has 1 heterocycles. The second-order valence-corrected chi connectivity index (χ2v) is 6.27. The first-order chi connectivity index (χ1) is 11.1. The van der Waals surface area contributed by atoms with Crippen molar-refractivity contribution in [3.63, 3.8) is 0 Å². The molecule has 0 aromatic rings. The van der Waals surface area contributed by atoms with Crippen molar-refractivity contribution in [2.45, 2.75) is 51.4 Å². The first kappa shape index (κ1) is 17.8. The summed E-state index contributed by atoms with van der Waals surface area (Å²) in [6.07, 6.45) is 7.38. The molecule has 23 heavy (non-hydrogen) atoms. The van der Waals surface area contributed by atoms with Crippen LogP contribution in [0, 0.1) is 11.8 Å². The zero-order chi connectivity index (χ0) is 16.7. The van der Waals surface area contributed by atoms with Gasteiger partial charge in [-0.1, -0.05) is 25.7 Å². The molecule has 1 aliphatic heterocycles. The summed E-state index contributed by atoms with van der Waals surface area (Å²) in [5.74, 6) is -1.34. The fourth-order valence-corrected chi connectivity index (χ4v) is 3.20. The molecule has 0 unspecified atom stereocenters. The summed E-state index contributed by atoms with van der Waals surface area (Å²) in [5.41, 5.74) is 6.43. The Balaban J connectivity index is 2.10. The third-order valence-corrected chi connectivity index (χ3v) is 4.69. The van der Waals surface area contributed by atoms with Gasteiger partial charge < -0.3 is 19.9 Å². The molecule has 0 amide bonds. The Morgan fingerprint density at radius 1 is 0.957 bits per heavy atom. The van der Waals surface area contributed by atoms with Crippen LogP contribution in [0.3, 0.4) is 0 Å². The van der Waals surface area contributed by atoms with Gasteiger partial charge in [-0.3, -0.25) is 4.79 Å². The van der Waals surface area contributed by atoms with Gasteiger partial charge in [-0.2, -0.15) is 0 Å². The Labute approximate surface area is 137 Å². The number of carbonyl (C=O) groups is 2. The molecule has 130 valence electrons. The van der Waals surface area contributed by atoms with Crippen LogP contribution in [0.1, 0.15) is 51.4 Å². The van der Waals surface area contributed by atoms with Crippen molar-refractivity contribution in [2.24, 2.45) is 17.6 Å². The molecule has 0 aromatic heterocycles. The van der Waals surface area contributed by atoms with Gasteiger partial charge in [-0.05, 0) is 25.7 Å². The fourth-order valence-electron chi connectivity index (χ4n) is 3.20. The molecular weight excluding hydrogens is 298 g/mol. The third kappa shape index (κ3) is 4.96. The summed E-state index contributed by atoms with van der Waals surface area (Å²) in [7, 11) is 1.26. The van der Waals surface area contributed by atoms with E-state index in [1.54, 1.807) is 0 Å². The number of rotatable bonds is 4. The number of carbonyl (C=O) groups excluding carboxylic acids is 2. The van der Waals surface area contributed by atoms with Gasteiger partial charge in [0.2, 0.25) is 5.76 Å². The van der Waals surface area contributed by atoms with Crippen LogP contribution in [0.4, 0.5) is 0 Å². The molecular formula is C17H27NO5. The van der Waals surface area contributed by atoms with Gasteiger partial charge in [0.05, 0.1) is 18.7 Å². The molecule has 0 aromatic carbocycles. The average Bonchev–Trinajstić information content (AvgIpc) is 2.88. The van der Waals surface area contributed by atoms with Crippen LogP contribution in [-0.4, -0.2) is 32.3 Å². The standard InChI is InChI=1S/C17H27NO5/c1-21-17(20)15(14(18)12-8-10-22-11-9-12)23-16(19)13-6-4-2-3-5-7-13/h12-13H,2-11,18H2,1H3/b15-14+. The Morgan fingerprint density at radius 2 is 1.57 bits per heavy atom. The summed E-state index contributed by atoms with van der Waals surface area (Å²) >= 11 is 0. The lowest BCUT2D eigenvalue weighted by Gasteiger charge is -2.24. The van der Waals surface area contributed by atoms with Gasteiger partial charge >= 0.3 is 11.9 Å². The molecule has 0 spiro atoms. The Morgan fingerprint density at radius 3 is 2.13 bits per heavy atom.